The molecule has 0 radical (unpaired) electrons. The first-order valence-electron chi connectivity index (χ1n) is 9.07. The molecule has 0 unspecified atom stereocenters. The van der Waals surface area contributed by atoms with Crippen molar-refractivity contribution >= 4 is 17.7 Å². The van der Waals surface area contributed by atoms with Crippen LogP contribution in [0.25, 0.3) is 17.1 Å². The lowest BCUT2D eigenvalue weighted by atomic mass is 10.1. The minimum atomic E-state index is -0.0267. The second-order valence-electron chi connectivity index (χ2n) is 6.72. The molecule has 1 N–H and O–H groups in total. The molecular weight excluding hydrogens is 372 g/mol. The fraction of sp³-hybridized carbons (Fsp3) is 0.286. The highest BCUT2D eigenvalue weighted by atomic mass is 32.2. The number of rotatable bonds is 7. The minimum absolute atomic E-state index is 0.0267. The summed E-state index contributed by atoms with van der Waals surface area (Å²) in [5.74, 6) is 1.76. The van der Waals surface area contributed by atoms with Crippen molar-refractivity contribution in [1.82, 2.24) is 20.1 Å². The largest absolute Gasteiger partial charge is 0.497 e. The topological polar surface area (TPSA) is 69.0 Å². The number of carbonyl (C=O) groups excluding carboxylic acids is 1. The number of aromatic nitrogens is 3. The lowest BCUT2D eigenvalue weighted by Gasteiger charge is -2.12. The van der Waals surface area contributed by atoms with Crippen molar-refractivity contribution in [2.24, 2.45) is 0 Å². The summed E-state index contributed by atoms with van der Waals surface area (Å²) in [5, 5.41) is 12.3. The lowest BCUT2D eigenvalue weighted by molar-refractivity contribution is -0.119. The normalized spacial score (nSPS) is 10.9. The van der Waals surface area contributed by atoms with Crippen LogP contribution in [0.5, 0.6) is 5.75 Å². The van der Waals surface area contributed by atoms with E-state index >= 15 is 0 Å². The summed E-state index contributed by atoms with van der Waals surface area (Å²) < 4.78 is 7.23. The van der Waals surface area contributed by atoms with Crippen molar-refractivity contribution in [1.29, 1.82) is 0 Å². The zero-order chi connectivity index (χ0) is 20.1. The summed E-state index contributed by atoms with van der Waals surface area (Å²) in [7, 11) is 1.64. The lowest BCUT2D eigenvalue weighted by Crippen LogP contribution is -2.31. The Kier molecular flexibility index (Phi) is 6.36. The Morgan fingerprint density at radius 3 is 2.39 bits per heavy atom. The molecule has 1 heterocycles. The third-order valence-electron chi connectivity index (χ3n) is 4.06. The number of carbonyl (C=O) groups is 1. The predicted molar refractivity (Wildman–Crippen MR) is 112 cm³/mol. The maximum absolute atomic E-state index is 12.1. The molecule has 0 atom stereocenters. The fourth-order valence-electron chi connectivity index (χ4n) is 2.71. The van der Waals surface area contributed by atoms with Gasteiger partial charge in [0.05, 0.1) is 12.9 Å². The van der Waals surface area contributed by atoms with Crippen LogP contribution in [0.2, 0.25) is 0 Å². The van der Waals surface area contributed by atoms with Gasteiger partial charge in [-0.05, 0) is 45.0 Å². The van der Waals surface area contributed by atoms with E-state index in [0.29, 0.717) is 5.16 Å². The molecule has 0 aliphatic rings. The van der Waals surface area contributed by atoms with Crippen LogP contribution in [0.3, 0.4) is 0 Å². The highest BCUT2D eigenvalue weighted by Gasteiger charge is 2.17. The molecule has 1 aromatic heterocycles. The molecule has 0 aliphatic heterocycles. The van der Waals surface area contributed by atoms with E-state index in [0.717, 1.165) is 22.8 Å². The number of hydrogen-bond donors (Lipinski definition) is 1. The van der Waals surface area contributed by atoms with Gasteiger partial charge in [0.1, 0.15) is 5.75 Å². The first kappa shape index (κ1) is 19.9. The van der Waals surface area contributed by atoms with Gasteiger partial charge in [-0.3, -0.25) is 9.36 Å². The minimum Gasteiger partial charge on any atom is -0.497 e. The van der Waals surface area contributed by atoms with Gasteiger partial charge < -0.3 is 10.1 Å². The summed E-state index contributed by atoms with van der Waals surface area (Å²) >= 11 is 1.37. The quantitative estimate of drug-likeness (QED) is 0.614. The van der Waals surface area contributed by atoms with E-state index < -0.39 is 0 Å². The molecule has 0 spiro atoms. The Hall–Kier alpha value is -2.80. The zero-order valence-electron chi connectivity index (χ0n) is 16.5. The van der Waals surface area contributed by atoms with E-state index in [-0.39, 0.29) is 17.7 Å². The van der Waals surface area contributed by atoms with Gasteiger partial charge in [0.15, 0.2) is 11.0 Å². The molecule has 0 saturated carbocycles. The van der Waals surface area contributed by atoms with Crippen molar-refractivity contribution in [3.63, 3.8) is 0 Å². The summed E-state index contributed by atoms with van der Waals surface area (Å²) in [4.78, 5) is 12.1. The summed E-state index contributed by atoms with van der Waals surface area (Å²) in [5.41, 5.74) is 3.06. The number of nitrogens with one attached hydrogen (secondary N) is 1. The smallest absolute Gasteiger partial charge is 0.230 e. The number of ether oxygens (including phenoxy) is 1. The average molecular weight is 397 g/mol. The molecule has 7 heteroatoms. The SMILES string of the molecule is COc1ccc(-n2c(SCC(=O)NC(C)C)nnc2-c2ccc(C)cc2)cc1. The molecular formula is C21H24N4O2S. The number of thioether (sulfide) groups is 1. The van der Waals surface area contributed by atoms with E-state index in [9.17, 15) is 4.79 Å². The first-order chi connectivity index (χ1) is 13.5. The average Bonchev–Trinajstić information content (AvgIpc) is 3.10. The maximum atomic E-state index is 12.1. The van der Waals surface area contributed by atoms with Gasteiger partial charge in [-0.25, -0.2) is 0 Å². The van der Waals surface area contributed by atoms with Gasteiger partial charge in [0.25, 0.3) is 0 Å². The van der Waals surface area contributed by atoms with Crippen LogP contribution in [-0.2, 0) is 4.79 Å². The van der Waals surface area contributed by atoms with Gasteiger partial charge in [-0.15, -0.1) is 10.2 Å². The van der Waals surface area contributed by atoms with Crippen LogP contribution in [0, 0.1) is 6.92 Å². The van der Waals surface area contributed by atoms with E-state index in [1.165, 1.54) is 17.3 Å². The number of hydrogen-bond acceptors (Lipinski definition) is 5. The molecule has 0 fully saturated rings. The van der Waals surface area contributed by atoms with Gasteiger partial charge in [0, 0.05) is 17.3 Å². The summed E-state index contributed by atoms with van der Waals surface area (Å²) in [6, 6.07) is 16.0. The molecule has 0 bridgehead atoms. The molecule has 146 valence electrons. The number of aryl methyl sites for hydroxylation is 1. The second kappa shape index (κ2) is 8.93. The standard InChI is InChI=1S/C21H24N4O2S/c1-14(2)22-19(26)13-28-21-24-23-20(16-7-5-15(3)6-8-16)25(21)17-9-11-18(27-4)12-10-17/h5-12,14H,13H2,1-4H3,(H,22,26). The first-order valence-corrected chi connectivity index (χ1v) is 10.1. The van der Waals surface area contributed by atoms with E-state index in [4.69, 9.17) is 4.74 Å². The van der Waals surface area contributed by atoms with Crippen LogP contribution < -0.4 is 10.1 Å². The van der Waals surface area contributed by atoms with Crippen LogP contribution in [0.15, 0.2) is 53.7 Å². The van der Waals surface area contributed by atoms with Crippen molar-refractivity contribution < 1.29 is 9.53 Å². The third-order valence-corrected chi connectivity index (χ3v) is 4.98. The number of nitrogens with zero attached hydrogens (tertiary/aromatic N) is 3. The molecule has 0 aliphatic carbocycles. The van der Waals surface area contributed by atoms with Crippen molar-refractivity contribution in [2.75, 3.05) is 12.9 Å². The molecule has 1 amide bonds. The van der Waals surface area contributed by atoms with Gasteiger partial charge in [-0.2, -0.15) is 0 Å². The number of methoxy groups -OCH3 is 1. The molecule has 28 heavy (non-hydrogen) atoms. The van der Waals surface area contributed by atoms with Crippen molar-refractivity contribution in [3.05, 3.63) is 54.1 Å². The summed E-state index contributed by atoms with van der Waals surface area (Å²) in [6.07, 6.45) is 0. The highest BCUT2D eigenvalue weighted by Crippen LogP contribution is 2.29. The van der Waals surface area contributed by atoms with Gasteiger partial charge in [-0.1, -0.05) is 41.6 Å². The van der Waals surface area contributed by atoms with Crippen LogP contribution in [-0.4, -0.2) is 39.6 Å². The third kappa shape index (κ3) is 4.72. The summed E-state index contributed by atoms with van der Waals surface area (Å²) in [6.45, 7) is 5.93. The Morgan fingerprint density at radius 2 is 1.79 bits per heavy atom. The molecule has 3 aromatic rings. The van der Waals surface area contributed by atoms with Crippen LogP contribution >= 0.6 is 11.8 Å². The van der Waals surface area contributed by atoms with E-state index in [2.05, 4.69) is 15.5 Å². The maximum Gasteiger partial charge on any atom is 0.230 e. The Bertz CT molecular complexity index is 934. The van der Waals surface area contributed by atoms with Crippen molar-refractivity contribution in [2.45, 2.75) is 32.0 Å². The molecule has 3 rings (SSSR count). The monoisotopic (exact) mass is 396 g/mol. The Balaban J connectivity index is 1.97. The van der Waals surface area contributed by atoms with Crippen LogP contribution in [0.1, 0.15) is 19.4 Å². The molecule has 0 saturated heterocycles. The number of benzene rings is 2. The van der Waals surface area contributed by atoms with Crippen LogP contribution in [0.4, 0.5) is 0 Å². The number of amides is 1. The van der Waals surface area contributed by atoms with Gasteiger partial charge >= 0.3 is 0 Å². The molecule has 6 nitrogen and oxygen atoms in total. The predicted octanol–water partition coefficient (Wildman–Crippen LogP) is 3.87. The van der Waals surface area contributed by atoms with Crippen molar-refractivity contribution in [3.8, 4) is 22.8 Å². The van der Waals surface area contributed by atoms with Gasteiger partial charge in [0.2, 0.25) is 5.91 Å². The Labute approximate surface area is 169 Å². The zero-order valence-corrected chi connectivity index (χ0v) is 17.3. The highest BCUT2D eigenvalue weighted by molar-refractivity contribution is 7.99. The second-order valence-corrected chi connectivity index (χ2v) is 7.66. The Morgan fingerprint density at radius 1 is 1.11 bits per heavy atom. The van der Waals surface area contributed by atoms with E-state index in [1.807, 2.05) is 73.9 Å². The fourth-order valence-corrected chi connectivity index (χ4v) is 3.47. The molecule has 2 aromatic carbocycles. The van der Waals surface area contributed by atoms with E-state index in [1.54, 1.807) is 7.11 Å².